The Morgan fingerprint density at radius 3 is 1.27 bits per heavy atom. The average Bonchev–Trinajstić information content (AvgIpc) is 3.45. The minimum atomic E-state index is -1.97. The lowest BCUT2D eigenvalue weighted by Crippen LogP contribution is -2.18. The highest BCUT2D eigenvalue weighted by Gasteiger charge is 2.31. The normalized spacial score (nSPS) is 12.3. The van der Waals surface area contributed by atoms with E-state index in [1.54, 1.807) is 0 Å². The molecule has 0 aliphatic carbocycles. The van der Waals surface area contributed by atoms with Crippen LogP contribution in [0, 0.1) is 11.8 Å². The summed E-state index contributed by atoms with van der Waals surface area (Å²) < 4.78 is 41.4. The highest BCUT2D eigenvalue weighted by molar-refractivity contribution is 7.32. The van der Waals surface area contributed by atoms with Crippen molar-refractivity contribution in [1.29, 1.82) is 0 Å². The van der Waals surface area contributed by atoms with Crippen molar-refractivity contribution in [3.8, 4) is 22.6 Å². The summed E-state index contributed by atoms with van der Waals surface area (Å²) in [5, 5.41) is 3.86. The van der Waals surface area contributed by atoms with E-state index in [1.165, 1.54) is 11.1 Å². The van der Waals surface area contributed by atoms with Gasteiger partial charge < -0.3 is 25.8 Å². The van der Waals surface area contributed by atoms with Crippen molar-refractivity contribution in [2.45, 2.75) is 92.9 Å². The molecule has 0 fully saturated rings. The van der Waals surface area contributed by atoms with E-state index in [-0.39, 0.29) is 10.8 Å². The van der Waals surface area contributed by atoms with Gasteiger partial charge in [-0.05, 0) is 88.6 Å². The summed E-state index contributed by atoms with van der Waals surface area (Å²) in [6.07, 6.45) is 1.69. The third-order valence-electron chi connectivity index (χ3n) is 10.7. The van der Waals surface area contributed by atoms with Crippen LogP contribution in [0.2, 0.25) is 0 Å². The smallest absolute Gasteiger partial charge is 0.390 e. The van der Waals surface area contributed by atoms with Crippen LogP contribution in [0.5, 0.6) is 11.5 Å². The molecule has 0 aliphatic rings. The standard InChI is InChI=1S/C52H56O6P2/c1-33(2)27-35-29-36(28-34(3)4)49(57-59-53-45-23-15-11-19-38(45)39-20-12-16-24-46(39)54-59)42(30-35)43-31-37(51(5,6)7)32-44(52(8,9)10)50(43)58-60-55-47-25-17-13-21-40(47)41-22-14-18-26-48(41)56-60/h11-26,29-34H,27-28H2,1-10H3. The highest BCUT2D eigenvalue weighted by Crippen LogP contribution is 2.52. The predicted octanol–water partition coefficient (Wildman–Crippen LogP) is 17.2. The molecular formula is C52H56O6P2. The fourth-order valence-corrected chi connectivity index (χ4v) is 10.0. The Hall–Kier alpha value is -5.28. The maximum atomic E-state index is 7.27. The van der Waals surface area contributed by atoms with Gasteiger partial charge in [-0.25, -0.2) is 0 Å². The Balaban J connectivity index is 1.46. The SMILES string of the molecule is CC(C)Cc1cc(CC(C)C)c(Op2oc3ccccc3c3ccccc3o2)c(-c2cc(C(C)(C)C)cc(C(C)(C)C)c2Op2oc3ccccc3c3ccccc3o2)c1. The van der Waals surface area contributed by atoms with E-state index >= 15 is 0 Å². The molecule has 0 atom stereocenters. The number of hydrogen-bond acceptors (Lipinski definition) is 6. The second-order valence-electron chi connectivity index (χ2n) is 18.7. The van der Waals surface area contributed by atoms with Gasteiger partial charge in [0, 0.05) is 38.2 Å². The molecule has 0 aliphatic heterocycles. The fraction of sp³-hybridized carbons (Fsp3) is 0.308. The van der Waals surface area contributed by atoms with Crippen molar-refractivity contribution in [2.24, 2.45) is 11.8 Å². The number of para-hydroxylation sites is 4. The minimum Gasteiger partial charge on any atom is -0.390 e. The second kappa shape index (κ2) is 16.6. The van der Waals surface area contributed by atoms with E-state index in [0.29, 0.717) is 28.8 Å². The Kier molecular flexibility index (Phi) is 11.5. The van der Waals surface area contributed by atoms with Gasteiger partial charge in [0.1, 0.15) is 33.8 Å². The molecule has 0 amide bonds. The zero-order valence-electron chi connectivity index (χ0n) is 36.5. The molecule has 8 heteroatoms. The lowest BCUT2D eigenvalue weighted by atomic mass is 9.77. The number of rotatable bonds is 9. The first-order chi connectivity index (χ1) is 28.6. The summed E-state index contributed by atoms with van der Waals surface area (Å²) in [5.74, 6) is 2.20. The Labute approximate surface area is 355 Å². The Morgan fingerprint density at radius 2 is 0.867 bits per heavy atom. The lowest BCUT2D eigenvalue weighted by Gasteiger charge is -2.29. The second-order valence-corrected chi connectivity index (χ2v) is 20.7. The Morgan fingerprint density at radius 1 is 0.467 bits per heavy atom. The molecule has 310 valence electrons. The number of hydrogen-bond donors (Lipinski definition) is 0. The van der Waals surface area contributed by atoms with Crippen LogP contribution in [0.25, 0.3) is 55.0 Å². The first-order valence-electron chi connectivity index (χ1n) is 21.0. The summed E-state index contributed by atoms with van der Waals surface area (Å²) in [6.45, 7) is 22.5. The van der Waals surface area contributed by atoms with Crippen LogP contribution in [0.15, 0.2) is 138 Å². The molecule has 0 N–H and O–H groups in total. The van der Waals surface area contributed by atoms with Gasteiger partial charge in [-0.15, -0.1) is 0 Å². The average molecular weight is 839 g/mol. The summed E-state index contributed by atoms with van der Waals surface area (Å²) in [5.41, 5.74) is 8.73. The van der Waals surface area contributed by atoms with Crippen LogP contribution < -0.4 is 9.05 Å². The van der Waals surface area contributed by atoms with Crippen molar-refractivity contribution in [3.05, 3.63) is 144 Å². The largest absolute Gasteiger partial charge is 0.453 e. The van der Waals surface area contributed by atoms with Crippen LogP contribution in [0.4, 0.5) is 0 Å². The molecule has 2 heterocycles. The third-order valence-corrected chi connectivity index (χ3v) is 12.7. The molecule has 0 unspecified atom stereocenters. The molecular weight excluding hydrogens is 783 g/mol. The summed E-state index contributed by atoms with van der Waals surface area (Å²) in [4.78, 5) is 0. The zero-order chi connectivity index (χ0) is 42.3. The topological polar surface area (TPSA) is 71.0 Å². The monoisotopic (exact) mass is 838 g/mol. The van der Waals surface area contributed by atoms with E-state index in [4.69, 9.17) is 25.8 Å². The van der Waals surface area contributed by atoms with Crippen molar-refractivity contribution in [3.63, 3.8) is 0 Å². The van der Waals surface area contributed by atoms with Crippen LogP contribution in [0.3, 0.4) is 0 Å². The van der Waals surface area contributed by atoms with Crippen LogP contribution in [-0.4, -0.2) is 0 Å². The maximum Gasteiger partial charge on any atom is 0.453 e. The Bertz CT molecular complexity index is 2810. The van der Waals surface area contributed by atoms with Gasteiger partial charge in [-0.2, -0.15) is 0 Å². The van der Waals surface area contributed by atoms with E-state index < -0.39 is 16.5 Å². The zero-order valence-corrected chi connectivity index (χ0v) is 38.2. The van der Waals surface area contributed by atoms with Gasteiger partial charge in [-0.1, -0.05) is 154 Å². The predicted molar refractivity (Wildman–Crippen MR) is 251 cm³/mol. The van der Waals surface area contributed by atoms with Gasteiger partial charge in [0.05, 0.1) is 0 Å². The van der Waals surface area contributed by atoms with Gasteiger partial charge in [0.2, 0.25) is 0 Å². The summed E-state index contributed by atoms with van der Waals surface area (Å²) >= 11 is 0. The molecule has 2 aromatic heterocycles. The maximum absolute atomic E-state index is 7.27. The van der Waals surface area contributed by atoms with Gasteiger partial charge in [-0.3, -0.25) is 0 Å². The first-order valence-corrected chi connectivity index (χ1v) is 23.2. The highest BCUT2D eigenvalue weighted by atomic mass is 31.1. The molecule has 8 aromatic rings. The molecule has 0 radical (unpaired) electrons. The summed E-state index contributed by atoms with van der Waals surface area (Å²) in [7, 11) is -3.93. The van der Waals surface area contributed by atoms with E-state index in [2.05, 4.69) is 118 Å². The number of fused-ring (bicyclic) bond motifs is 6. The van der Waals surface area contributed by atoms with Crippen LogP contribution >= 0.6 is 16.5 Å². The lowest BCUT2D eigenvalue weighted by molar-refractivity contribution is 0.475. The molecule has 0 bridgehead atoms. The van der Waals surface area contributed by atoms with Crippen LogP contribution in [0.1, 0.15) is 91.5 Å². The molecule has 6 aromatic carbocycles. The van der Waals surface area contributed by atoms with Gasteiger partial charge >= 0.3 is 16.5 Å². The minimum absolute atomic E-state index is 0.186. The van der Waals surface area contributed by atoms with Gasteiger partial charge in [0.25, 0.3) is 0 Å². The number of benzene rings is 6. The summed E-state index contributed by atoms with van der Waals surface area (Å²) in [6, 6.07) is 41.5. The molecule has 8 rings (SSSR count). The first kappa shape index (κ1) is 41.5. The van der Waals surface area contributed by atoms with Crippen molar-refractivity contribution >= 4 is 60.4 Å². The van der Waals surface area contributed by atoms with Gasteiger partial charge in [0.15, 0.2) is 0 Å². The quantitative estimate of drug-likeness (QED) is 0.144. The fourth-order valence-electron chi connectivity index (χ4n) is 7.82. The molecule has 0 saturated carbocycles. The van der Waals surface area contributed by atoms with Crippen molar-refractivity contribution in [2.75, 3.05) is 0 Å². The van der Waals surface area contributed by atoms with E-state index in [0.717, 1.165) is 73.6 Å². The van der Waals surface area contributed by atoms with Crippen LogP contribution in [-0.2, 0) is 23.7 Å². The third kappa shape index (κ3) is 8.78. The molecule has 0 spiro atoms. The van der Waals surface area contributed by atoms with E-state index in [1.807, 2.05) is 72.8 Å². The molecule has 6 nitrogen and oxygen atoms in total. The van der Waals surface area contributed by atoms with Crippen molar-refractivity contribution < 1.29 is 25.8 Å². The van der Waals surface area contributed by atoms with Crippen molar-refractivity contribution in [1.82, 2.24) is 0 Å². The van der Waals surface area contributed by atoms with E-state index in [9.17, 15) is 0 Å². The molecule has 0 saturated heterocycles. The molecule has 60 heavy (non-hydrogen) atoms.